The van der Waals surface area contributed by atoms with Crippen LogP contribution in [0.15, 0.2) is 103 Å². The normalized spacial score (nSPS) is 15.2. The van der Waals surface area contributed by atoms with Crippen LogP contribution in [0.2, 0.25) is 0 Å². The summed E-state index contributed by atoms with van der Waals surface area (Å²) < 4.78 is 0. The highest BCUT2D eigenvalue weighted by Gasteiger charge is 2.36. The van der Waals surface area contributed by atoms with Crippen LogP contribution in [-0.2, 0) is 35.5 Å². The lowest BCUT2D eigenvalue weighted by molar-refractivity contribution is -0.134. The number of nitrogens with zero attached hydrogens (tertiary/aromatic N) is 2. The molecule has 0 saturated heterocycles. The first-order valence-corrected chi connectivity index (χ1v) is 23.8. The largest absolute Gasteiger partial charge is 0.507 e. The third-order valence-corrected chi connectivity index (χ3v) is 14.8. The number of benzene rings is 4. The molecule has 6 aromatic rings. The van der Waals surface area contributed by atoms with Crippen LogP contribution in [0.4, 0.5) is 0 Å². The zero-order valence-electron chi connectivity index (χ0n) is 36.8. The number of hydrogen-bond donors (Lipinski definition) is 2. The van der Waals surface area contributed by atoms with Crippen LogP contribution in [0.5, 0.6) is 11.5 Å². The number of amides is 2. The number of allylic oxidation sites excluding steroid dienone is 1. The Bertz CT molecular complexity index is 2800. The van der Waals surface area contributed by atoms with Crippen LogP contribution in [-0.4, -0.2) is 62.8 Å². The van der Waals surface area contributed by atoms with Gasteiger partial charge in [-0.1, -0.05) is 60.7 Å². The van der Waals surface area contributed by atoms with Crippen molar-refractivity contribution in [1.82, 2.24) is 9.80 Å². The fourth-order valence-corrected chi connectivity index (χ4v) is 10.5. The van der Waals surface area contributed by atoms with E-state index in [-0.39, 0.29) is 34.9 Å². The van der Waals surface area contributed by atoms with Gasteiger partial charge in [0.1, 0.15) is 11.5 Å². The minimum Gasteiger partial charge on any atom is -0.507 e. The monoisotopic (exact) mass is 904 g/mol. The first-order valence-electron chi connectivity index (χ1n) is 22.1. The Balaban J connectivity index is 0.000000153. The smallest absolute Gasteiger partial charge is 0.225 e. The SMILES string of the molecule is CC(=O)c1ccccc1.Cc1cc(-c2cc3c(s2)CCN(C(=O)C2CC2)C3)cc(/C=C/C(=O)c2ccccc2)c1O.Cc1cc(-c2cc3c(s2)CCN(C(=O)C2CC2)C3)cc(C=O)c1O. The second-order valence-electron chi connectivity index (χ2n) is 17.3. The Hall–Kier alpha value is -6.43. The van der Waals surface area contributed by atoms with Gasteiger partial charge in [0.05, 0.1) is 5.56 Å². The third-order valence-electron chi connectivity index (χ3n) is 12.2. The van der Waals surface area contributed by atoms with Crippen LogP contribution < -0.4 is 0 Å². The maximum Gasteiger partial charge on any atom is 0.225 e. The molecule has 65 heavy (non-hydrogen) atoms. The van der Waals surface area contributed by atoms with Gasteiger partial charge < -0.3 is 20.0 Å². The molecule has 11 heteroatoms. The average molecular weight is 905 g/mol. The lowest BCUT2D eigenvalue weighted by atomic mass is 10.0. The molecule has 4 aromatic carbocycles. The summed E-state index contributed by atoms with van der Waals surface area (Å²) in [5.41, 5.74) is 8.23. The molecule has 2 aliphatic carbocycles. The van der Waals surface area contributed by atoms with E-state index in [2.05, 4.69) is 12.1 Å². The number of aryl methyl sites for hydroxylation is 2. The summed E-state index contributed by atoms with van der Waals surface area (Å²) in [6.07, 6.45) is 9.83. The van der Waals surface area contributed by atoms with Crippen LogP contribution >= 0.6 is 22.7 Å². The van der Waals surface area contributed by atoms with Crippen LogP contribution in [0.1, 0.15) is 101 Å². The van der Waals surface area contributed by atoms with Crippen molar-refractivity contribution in [2.45, 2.75) is 72.4 Å². The molecule has 0 bridgehead atoms. The molecular formula is C54H52N2O7S2. The first-order chi connectivity index (χ1) is 31.4. The van der Waals surface area contributed by atoms with Crippen molar-refractivity contribution >= 4 is 58.4 Å². The fraction of sp³-hybridized carbons (Fsp3) is 0.278. The Morgan fingerprint density at radius 1 is 0.615 bits per heavy atom. The number of hydrogen-bond acceptors (Lipinski definition) is 9. The summed E-state index contributed by atoms with van der Waals surface area (Å²) in [6.45, 7) is 8.22. The van der Waals surface area contributed by atoms with E-state index in [4.69, 9.17) is 0 Å². The van der Waals surface area contributed by atoms with Crippen molar-refractivity contribution in [2.75, 3.05) is 13.1 Å². The molecule has 2 aromatic heterocycles. The summed E-state index contributed by atoms with van der Waals surface area (Å²) >= 11 is 3.48. The summed E-state index contributed by atoms with van der Waals surface area (Å²) in [5.74, 6) is 1.39. The van der Waals surface area contributed by atoms with E-state index in [1.807, 2.05) is 83.5 Å². The standard InChI is InChI=1S/C27H25NO3S.C19H19NO3S.C8H8O/c1-17-13-21(14-20(26(17)30)9-10-23(29)18-5-3-2-4-6-18)25-15-22-16-28(12-11-24(22)32-25)27(31)19-7-8-19;1-11-6-13(7-15(10-21)18(11)22)17-8-14-9-20(5-4-16(14)24-17)19(23)12-2-3-12;1-7(9)8-5-3-2-4-6-8/h2-6,9-10,13-15,19,30H,7-8,11-12,16H2,1H3;6-8,10,12,22H,2-5,9H2,1H3;2-6H,1H3/b10-9+;;. The number of Topliss-reactive ketones (excluding diaryl/α,β-unsaturated/α-hetero) is 1. The number of phenolic OH excluding ortho intramolecular Hbond substituents is 2. The number of fused-ring (bicyclic) bond motifs is 2. The van der Waals surface area contributed by atoms with Gasteiger partial charge in [0.15, 0.2) is 17.9 Å². The van der Waals surface area contributed by atoms with Crippen LogP contribution in [0, 0.1) is 25.7 Å². The van der Waals surface area contributed by atoms with E-state index in [0.717, 1.165) is 83.6 Å². The van der Waals surface area contributed by atoms with Gasteiger partial charge in [-0.2, -0.15) is 0 Å². The minimum absolute atomic E-state index is 0.0521. The number of aromatic hydroxyl groups is 2. The third kappa shape index (κ3) is 10.8. The molecule has 0 atom stereocenters. The number of rotatable bonds is 9. The fourth-order valence-electron chi connectivity index (χ4n) is 8.16. The maximum atomic E-state index is 12.5. The molecule has 0 unspecified atom stereocenters. The van der Waals surface area contributed by atoms with Crippen molar-refractivity contribution < 1.29 is 34.2 Å². The first kappa shape index (κ1) is 45.1. The van der Waals surface area contributed by atoms with Crippen LogP contribution in [0.25, 0.3) is 27.0 Å². The Morgan fingerprint density at radius 3 is 1.49 bits per heavy atom. The molecule has 4 heterocycles. The molecule has 4 aliphatic rings. The summed E-state index contributed by atoms with van der Waals surface area (Å²) in [5, 5.41) is 20.5. The number of phenols is 2. The number of thiophene rings is 2. The Morgan fingerprint density at radius 2 is 1.06 bits per heavy atom. The predicted molar refractivity (Wildman–Crippen MR) is 258 cm³/mol. The molecule has 0 spiro atoms. The van der Waals surface area contributed by atoms with Gasteiger partial charge in [-0.25, -0.2) is 0 Å². The number of ketones is 2. The van der Waals surface area contributed by atoms with Gasteiger partial charge in [0.2, 0.25) is 11.8 Å². The van der Waals surface area contributed by atoms with Gasteiger partial charge in [-0.05, 0) is 141 Å². The second kappa shape index (κ2) is 19.8. The molecule has 2 fully saturated rings. The van der Waals surface area contributed by atoms with E-state index < -0.39 is 0 Å². The molecule has 332 valence electrons. The molecule has 2 N–H and O–H groups in total. The summed E-state index contributed by atoms with van der Waals surface area (Å²) in [4.78, 5) is 67.8. The molecular weight excluding hydrogens is 853 g/mol. The number of carbonyl (C=O) groups is 5. The molecule has 2 saturated carbocycles. The van der Waals surface area contributed by atoms with E-state index in [0.29, 0.717) is 53.4 Å². The minimum atomic E-state index is -0.0972. The van der Waals surface area contributed by atoms with Gasteiger partial charge in [0, 0.05) is 74.2 Å². The quantitative estimate of drug-likeness (QED) is 0.0839. The zero-order chi connectivity index (χ0) is 45.8. The summed E-state index contributed by atoms with van der Waals surface area (Å²) in [7, 11) is 0. The lowest BCUT2D eigenvalue weighted by Gasteiger charge is -2.27. The van der Waals surface area contributed by atoms with Crippen LogP contribution in [0.3, 0.4) is 0 Å². The van der Waals surface area contributed by atoms with Crippen molar-refractivity contribution in [3.05, 3.63) is 157 Å². The molecule has 10 rings (SSSR count). The number of carbonyl (C=O) groups excluding carboxylic acids is 5. The topological polar surface area (TPSA) is 132 Å². The van der Waals surface area contributed by atoms with Crippen molar-refractivity contribution in [2.24, 2.45) is 11.8 Å². The highest BCUT2D eigenvalue weighted by molar-refractivity contribution is 7.16. The second-order valence-corrected chi connectivity index (χ2v) is 19.5. The highest BCUT2D eigenvalue weighted by atomic mass is 32.1. The van der Waals surface area contributed by atoms with E-state index in [9.17, 15) is 34.2 Å². The molecule has 0 radical (unpaired) electrons. The Kier molecular flexibility index (Phi) is 13.7. The molecule has 2 amide bonds. The maximum absolute atomic E-state index is 12.5. The van der Waals surface area contributed by atoms with Crippen molar-refractivity contribution in [1.29, 1.82) is 0 Å². The van der Waals surface area contributed by atoms with Crippen molar-refractivity contribution in [3.63, 3.8) is 0 Å². The Labute approximate surface area is 387 Å². The van der Waals surface area contributed by atoms with Gasteiger partial charge >= 0.3 is 0 Å². The lowest BCUT2D eigenvalue weighted by Crippen LogP contribution is -2.36. The number of aldehydes is 1. The van der Waals surface area contributed by atoms with E-state index in [1.165, 1.54) is 27.0 Å². The predicted octanol–water partition coefficient (Wildman–Crippen LogP) is 11.0. The van der Waals surface area contributed by atoms with Crippen molar-refractivity contribution in [3.8, 4) is 32.4 Å². The summed E-state index contributed by atoms with van der Waals surface area (Å²) in [6, 6.07) is 30.2. The van der Waals surface area contributed by atoms with Gasteiger partial charge in [0.25, 0.3) is 0 Å². The van der Waals surface area contributed by atoms with E-state index in [1.54, 1.807) is 60.8 Å². The zero-order valence-corrected chi connectivity index (χ0v) is 38.5. The molecule has 2 aliphatic heterocycles. The van der Waals surface area contributed by atoms with Gasteiger partial charge in [-0.3, -0.25) is 24.0 Å². The van der Waals surface area contributed by atoms with E-state index >= 15 is 0 Å². The molecule has 9 nitrogen and oxygen atoms in total. The average Bonchev–Trinajstić information content (AvgIpc) is 4.27. The highest BCUT2D eigenvalue weighted by Crippen LogP contribution is 2.41. The van der Waals surface area contributed by atoms with Gasteiger partial charge in [-0.15, -0.1) is 22.7 Å².